The number of fused-ring (bicyclic) bond motifs is 2. The fourth-order valence-corrected chi connectivity index (χ4v) is 4.53. The van der Waals surface area contributed by atoms with Crippen LogP contribution in [0.5, 0.6) is 0 Å². The van der Waals surface area contributed by atoms with Crippen molar-refractivity contribution in [1.82, 2.24) is 24.6 Å². The zero-order valence-electron chi connectivity index (χ0n) is 17.7. The number of aliphatic hydroxyl groups is 1. The van der Waals surface area contributed by atoms with Gasteiger partial charge in [-0.2, -0.15) is 14.9 Å². The molecule has 1 saturated heterocycles. The molecule has 5 heterocycles. The predicted molar refractivity (Wildman–Crippen MR) is 116 cm³/mol. The molecule has 8 nitrogen and oxygen atoms in total. The second-order valence-corrected chi connectivity index (χ2v) is 8.63. The number of pyridine rings is 2. The summed E-state index contributed by atoms with van der Waals surface area (Å²) >= 11 is 0. The SMILES string of the molecule is Cc1nc2c(C#N)c(C(F)F)nn2c(N2CC(O)C2)c1-c1cncc2nc(C3CC3)ccc12. The van der Waals surface area contributed by atoms with Crippen LogP contribution in [0.4, 0.5) is 14.6 Å². The first kappa shape index (κ1) is 19.9. The van der Waals surface area contributed by atoms with Crippen molar-refractivity contribution in [2.75, 3.05) is 18.0 Å². The quantitative estimate of drug-likeness (QED) is 0.511. The second-order valence-electron chi connectivity index (χ2n) is 8.63. The normalized spacial score (nSPS) is 16.5. The first-order chi connectivity index (χ1) is 16.0. The Kier molecular flexibility index (Phi) is 4.32. The largest absolute Gasteiger partial charge is 0.389 e. The molecule has 1 aliphatic heterocycles. The van der Waals surface area contributed by atoms with Gasteiger partial charge in [0.15, 0.2) is 5.65 Å². The molecule has 4 aromatic heterocycles. The minimum atomic E-state index is -2.91. The van der Waals surface area contributed by atoms with E-state index in [1.54, 1.807) is 19.3 Å². The zero-order chi connectivity index (χ0) is 22.9. The molecule has 0 atom stereocenters. The highest BCUT2D eigenvalue weighted by Crippen LogP contribution is 2.42. The van der Waals surface area contributed by atoms with E-state index in [0.717, 1.165) is 35.0 Å². The van der Waals surface area contributed by atoms with E-state index in [1.165, 1.54) is 4.52 Å². The minimum Gasteiger partial charge on any atom is -0.389 e. The molecule has 6 rings (SSSR count). The number of alkyl halides is 2. The van der Waals surface area contributed by atoms with Crippen LogP contribution in [0.15, 0.2) is 24.5 Å². The molecule has 166 valence electrons. The van der Waals surface area contributed by atoms with E-state index in [1.807, 2.05) is 23.1 Å². The van der Waals surface area contributed by atoms with Crippen molar-refractivity contribution in [1.29, 1.82) is 5.26 Å². The van der Waals surface area contributed by atoms with Gasteiger partial charge in [-0.1, -0.05) is 6.07 Å². The molecule has 2 fully saturated rings. The van der Waals surface area contributed by atoms with E-state index < -0.39 is 18.2 Å². The number of β-amino-alcohol motifs (C(OH)–C–C–N with tert-alkyl or cyclic N) is 1. The highest BCUT2D eigenvalue weighted by molar-refractivity contribution is 5.98. The molecule has 1 aliphatic carbocycles. The average Bonchev–Trinajstić information content (AvgIpc) is 3.56. The summed E-state index contributed by atoms with van der Waals surface area (Å²) in [6.45, 7) is 2.41. The molecule has 4 aromatic rings. The lowest BCUT2D eigenvalue weighted by molar-refractivity contribution is 0.140. The van der Waals surface area contributed by atoms with Crippen molar-refractivity contribution in [2.45, 2.75) is 38.2 Å². The number of aliphatic hydroxyl groups excluding tert-OH is 1. The molecule has 0 amide bonds. The molecule has 0 unspecified atom stereocenters. The van der Waals surface area contributed by atoms with Gasteiger partial charge < -0.3 is 10.0 Å². The zero-order valence-corrected chi connectivity index (χ0v) is 17.7. The first-order valence-electron chi connectivity index (χ1n) is 10.8. The van der Waals surface area contributed by atoms with Crippen molar-refractivity contribution in [3.05, 3.63) is 47.2 Å². The van der Waals surface area contributed by atoms with E-state index in [4.69, 9.17) is 4.98 Å². The monoisotopic (exact) mass is 447 g/mol. The summed E-state index contributed by atoms with van der Waals surface area (Å²) in [5, 5.41) is 24.4. The molecule has 1 saturated carbocycles. The van der Waals surface area contributed by atoms with E-state index in [0.29, 0.717) is 36.1 Å². The van der Waals surface area contributed by atoms with Gasteiger partial charge in [-0.05, 0) is 25.8 Å². The number of hydrogen-bond acceptors (Lipinski definition) is 7. The molecular weight excluding hydrogens is 428 g/mol. The van der Waals surface area contributed by atoms with Crippen LogP contribution in [0.1, 0.15) is 47.8 Å². The average molecular weight is 447 g/mol. The van der Waals surface area contributed by atoms with Crippen LogP contribution in [0.3, 0.4) is 0 Å². The number of aryl methyl sites for hydroxylation is 1. The van der Waals surface area contributed by atoms with Crippen molar-refractivity contribution in [2.24, 2.45) is 0 Å². The van der Waals surface area contributed by atoms with Crippen molar-refractivity contribution < 1.29 is 13.9 Å². The molecule has 0 aromatic carbocycles. The maximum atomic E-state index is 13.7. The van der Waals surface area contributed by atoms with Gasteiger partial charge in [-0.15, -0.1) is 0 Å². The predicted octanol–water partition coefficient (Wildman–Crippen LogP) is 3.52. The Hall–Kier alpha value is -3.71. The fraction of sp³-hybridized carbons (Fsp3) is 0.348. The number of nitriles is 1. The maximum Gasteiger partial charge on any atom is 0.283 e. The Morgan fingerprint density at radius 1 is 1.18 bits per heavy atom. The summed E-state index contributed by atoms with van der Waals surface area (Å²) in [5.74, 6) is 1.00. The standard InChI is InChI=1S/C23H19F2N7O/c1-11-19(16-7-27-8-18-14(16)4-5-17(29-18)12-2-3-12)23(31-9-13(33)10-31)32-22(28-11)15(6-26)20(30-32)21(24)25/h4-5,7-8,12-13,21,33H,2-3,9-10H2,1H3. The summed E-state index contributed by atoms with van der Waals surface area (Å²) in [7, 11) is 0. The lowest BCUT2D eigenvalue weighted by Crippen LogP contribution is -2.51. The Bertz CT molecular complexity index is 1470. The van der Waals surface area contributed by atoms with Gasteiger partial charge >= 0.3 is 0 Å². The molecule has 0 radical (unpaired) electrons. The Morgan fingerprint density at radius 2 is 1.97 bits per heavy atom. The minimum absolute atomic E-state index is 0.0766. The third-order valence-corrected chi connectivity index (χ3v) is 6.33. The molecule has 10 heteroatoms. The Balaban J connectivity index is 1.65. The van der Waals surface area contributed by atoms with Crippen LogP contribution >= 0.6 is 0 Å². The first-order valence-corrected chi connectivity index (χ1v) is 10.8. The van der Waals surface area contributed by atoms with Gasteiger partial charge in [0.2, 0.25) is 0 Å². The molecule has 2 aliphatic rings. The van der Waals surface area contributed by atoms with Crippen LogP contribution in [-0.2, 0) is 0 Å². The van der Waals surface area contributed by atoms with E-state index in [2.05, 4.69) is 15.1 Å². The van der Waals surface area contributed by atoms with E-state index in [-0.39, 0.29) is 11.2 Å². The van der Waals surface area contributed by atoms with Crippen molar-refractivity contribution >= 4 is 22.4 Å². The summed E-state index contributed by atoms with van der Waals surface area (Å²) in [5.41, 5.74) is 3.00. The van der Waals surface area contributed by atoms with Crippen LogP contribution in [-0.4, -0.2) is 48.9 Å². The Morgan fingerprint density at radius 3 is 2.64 bits per heavy atom. The summed E-state index contributed by atoms with van der Waals surface area (Å²) < 4.78 is 28.6. The van der Waals surface area contributed by atoms with Gasteiger partial charge in [0.25, 0.3) is 6.43 Å². The molecular formula is C23H19F2N7O. The number of nitrogens with zero attached hydrogens (tertiary/aromatic N) is 7. The number of aromatic nitrogens is 5. The third kappa shape index (κ3) is 3.03. The second kappa shape index (κ2) is 7.15. The van der Waals surface area contributed by atoms with Crippen molar-refractivity contribution in [3.8, 4) is 17.2 Å². The number of hydrogen-bond donors (Lipinski definition) is 1. The van der Waals surface area contributed by atoms with Gasteiger partial charge in [-0.25, -0.2) is 13.8 Å². The van der Waals surface area contributed by atoms with Crippen LogP contribution < -0.4 is 4.90 Å². The summed E-state index contributed by atoms with van der Waals surface area (Å²) in [6, 6.07) is 5.87. The topological polar surface area (TPSA) is 103 Å². The molecule has 1 N–H and O–H groups in total. The lowest BCUT2D eigenvalue weighted by Gasteiger charge is -2.39. The summed E-state index contributed by atoms with van der Waals surface area (Å²) in [4.78, 5) is 15.6. The third-order valence-electron chi connectivity index (χ3n) is 6.33. The van der Waals surface area contributed by atoms with E-state index in [9.17, 15) is 19.1 Å². The van der Waals surface area contributed by atoms with Crippen LogP contribution in [0.25, 0.3) is 27.7 Å². The van der Waals surface area contributed by atoms with E-state index >= 15 is 0 Å². The van der Waals surface area contributed by atoms with Gasteiger partial charge in [0.05, 0.1) is 23.5 Å². The maximum absolute atomic E-state index is 13.7. The lowest BCUT2D eigenvalue weighted by atomic mass is 9.99. The highest BCUT2D eigenvalue weighted by atomic mass is 19.3. The van der Waals surface area contributed by atoms with Gasteiger partial charge in [0.1, 0.15) is 23.1 Å². The van der Waals surface area contributed by atoms with Crippen LogP contribution in [0, 0.1) is 18.3 Å². The van der Waals surface area contributed by atoms with Gasteiger partial charge in [-0.3, -0.25) is 9.97 Å². The Labute approximate surface area is 187 Å². The smallest absolute Gasteiger partial charge is 0.283 e. The van der Waals surface area contributed by atoms with Gasteiger partial charge in [0, 0.05) is 47.4 Å². The molecule has 33 heavy (non-hydrogen) atoms. The summed E-state index contributed by atoms with van der Waals surface area (Å²) in [6.07, 6.45) is 2.26. The molecule has 0 spiro atoms. The fourth-order valence-electron chi connectivity index (χ4n) is 4.53. The number of anilines is 1. The number of rotatable bonds is 4. The number of halogens is 2. The van der Waals surface area contributed by atoms with Crippen molar-refractivity contribution in [3.63, 3.8) is 0 Å². The molecule has 0 bridgehead atoms. The highest BCUT2D eigenvalue weighted by Gasteiger charge is 2.34. The van der Waals surface area contributed by atoms with Crippen LogP contribution in [0.2, 0.25) is 0 Å².